The normalized spacial score (nSPS) is 13.0. The second-order valence-electron chi connectivity index (χ2n) is 6.12. The molecular formula is C18H24O9. The van der Waals surface area contributed by atoms with Crippen LogP contribution in [0.4, 0.5) is 4.79 Å². The number of carbonyl (C=O) groups excluding carboxylic acids is 1. The van der Waals surface area contributed by atoms with Gasteiger partial charge in [-0.05, 0) is 33.3 Å². The number of hydrogen-bond acceptors (Lipinski definition) is 8. The lowest BCUT2D eigenvalue weighted by atomic mass is 9.99. The maximum atomic E-state index is 12.2. The molecule has 1 unspecified atom stereocenters. The van der Waals surface area contributed by atoms with Crippen LogP contribution in [0.5, 0.6) is 0 Å². The van der Waals surface area contributed by atoms with E-state index < -0.39 is 29.8 Å². The van der Waals surface area contributed by atoms with Gasteiger partial charge < -0.3 is 24.4 Å². The molecule has 0 aliphatic carbocycles. The lowest BCUT2D eigenvalue weighted by molar-refractivity contribution is -0.338. The summed E-state index contributed by atoms with van der Waals surface area (Å²) < 4.78 is 9.11. The molecular weight excluding hydrogens is 360 g/mol. The fourth-order valence-electron chi connectivity index (χ4n) is 1.70. The topological polar surface area (TPSA) is 110 Å². The molecule has 0 aliphatic rings. The Morgan fingerprint density at radius 3 is 2.26 bits per heavy atom. The Hall–Kier alpha value is -2.78. The highest BCUT2D eigenvalue weighted by atomic mass is 17.2. The first kappa shape index (κ1) is 22.3. The summed E-state index contributed by atoms with van der Waals surface area (Å²) >= 11 is 0. The summed E-state index contributed by atoms with van der Waals surface area (Å²) in [4.78, 5) is 42.8. The van der Waals surface area contributed by atoms with Gasteiger partial charge in [0.15, 0.2) is 6.26 Å². The van der Waals surface area contributed by atoms with Crippen LogP contribution in [0.25, 0.3) is 0 Å². The van der Waals surface area contributed by atoms with Crippen molar-refractivity contribution in [1.82, 2.24) is 0 Å². The average molecular weight is 384 g/mol. The zero-order chi connectivity index (χ0) is 20.4. The van der Waals surface area contributed by atoms with E-state index in [9.17, 15) is 9.59 Å². The minimum Gasteiger partial charge on any atom is -0.450 e. The highest BCUT2D eigenvalue weighted by Gasteiger charge is 2.27. The monoisotopic (exact) mass is 384 g/mol. The Kier molecular flexibility index (Phi) is 8.57. The predicted molar refractivity (Wildman–Crippen MR) is 91.7 cm³/mol. The van der Waals surface area contributed by atoms with Crippen molar-refractivity contribution in [3.63, 3.8) is 0 Å². The van der Waals surface area contributed by atoms with Crippen LogP contribution in [-0.2, 0) is 39.4 Å². The molecule has 9 nitrogen and oxygen atoms in total. The summed E-state index contributed by atoms with van der Waals surface area (Å²) in [6.07, 6.45) is -2.40. The molecule has 0 aromatic heterocycles. The molecule has 0 fully saturated rings. The second-order valence-corrected chi connectivity index (χ2v) is 6.12. The molecule has 27 heavy (non-hydrogen) atoms. The van der Waals surface area contributed by atoms with E-state index in [0.29, 0.717) is 0 Å². The molecule has 0 heterocycles. The van der Waals surface area contributed by atoms with Crippen LogP contribution in [0.2, 0.25) is 0 Å². The van der Waals surface area contributed by atoms with Crippen LogP contribution in [0.15, 0.2) is 42.4 Å². The highest BCUT2D eigenvalue weighted by molar-refractivity contribution is 5.85. The molecule has 0 saturated carbocycles. The zero-order valence-electron chi connectivity index (χ0n) is 15.8. The molecule has 1 atom stereocenters. The van der Waals surface area contributed by atoms with Crippen LogP contribution in [0, 0.1) is 0 Å². The number of carbonyl (C=O) groups is 2. The van der Waals surface area contributed by atoms with Crippen LogP contribution in [0.1, 0.15) is 40.2 Å². The first-order valence-corrected chi connectivity index (χ1v) is 8.16. The van der Waals surface area contributed by atoms with E-state index in [4.69, 9.17) is 29.4 Å². The molecule has 1 rings (SSSR count). The molecule has 0 radical (unpaired) electrons. The van der Waals surface area contributed by atoms with E-state index in [1.54, 1.807) is 27.7 Å². The van der Waals surface area contributed by atoms with Crippen molar-refractivity contribution in [3.8, 4) is 0 Å². The first-order valence-electron chi connectivity index (χ1n) is 8.16. The molecule has 0 amide bonds. The second kappa shape index (κ2) is 10.4. The van der Waals surface area contributed by atoms with Crippen LogP contribution in [-0.4, -0.2) is 29.6 Å². The van der Waals surface area contributed by atoms with Crippen molar-refractivity contribution in [2.24, 2.45) is 0 Å². The average Bonchev–Trinajstić information content (AvgIpc) is 2.57. The minimum absolute atomic E-state index is 0.283. The van der Waals surface area contributed by atoms with Gasteiger partial charge in [-0.3, -0.25) is 0 Å². The zero-order valence-corrected chi connectivity index (χ0v) is 15.8. The fourth-order valence-corrected chi connectivity index (χ4v) is 1.70. The predicted octanol–water partition coefficient (Wildman–Crippen LogP) is 3.65. The summed E-state index contributed by atoms with van der Waals surface area (Å²) in [5.41, 5.74) is -0.123. The van der Waals surface area contributed by atoms with E-state index in [1.807, 2.05) is 30.3 Å². The van der Waals surface area contributed by atoms with E-state index in [1.165, 1.54) is 6.92 Å². The van der Waals surface area contributed by atoms with Crippen molar-refractivity contribution in [3.05, 3.63) is 47.9 Å². The number of carboxylic acid groups (broad SMARTS) is 1. The quantitative estimate of drug-likeness (QED) is 0.161. The first-order chi connectivity index (χ1) is 12.6. The minimum atomic E-state index is -1.59. The van der Waals surface area contributed by atoms with Crippen LogP contribution >= 0.6 is 0 Å². The summed E-state index contributed by atoms with van der Waals surface area (Å²) in [5.74, 6) is -1.57. The number of esters is 1. The number of benzene rings is 1. The summed E-state index contributed by atoms with van der Waals surface area (Å²) in [6.45, 7) is 8.11. The Labute approximate surface area is 157 Å². The molecule has 9 heteroatoms. The lowest BCUT2D eigenvalue weighted by Crippen LogP contribution is -2.26. The van der Waals surface area contributed by atoms with Crippen LogP contribution < -0.4 is 0 Å². The third kappa shape index (κ3) is 8.43. The van der Waals surface area contributed by atoms with E-state index in [-0.39, 0.29) is 6.10 Å². The Morgan fingerprint density at radius 1 is 1.07 bits per heavy atom. The Bertz CT molecular complexity index is 637. The molecule has 1 N–H and O–H groups in total. The van der Waals surface area contributed by atoms with Crippen molar-refractivity contribution in [1.29, 1.82) is 0 Å². The van der Waals surface area contributed by atoms with Gasteiger partial charge in [-0.15, -0.1) is 0 Å². The maximum Gasteiger partial charge on any atom is 0.508 e. The summed E-state index contributed by atoms with van der Waals surface area (Å²) in [6, 6.07) is 9.16. The van der Waals surface area contributed by atoms with Gasteiger partial charge in [0.1, 0.15) is 5.60 Å². The molecule has 1 aromatic rings. The number of hydrogen-bond donors (Lipinski definition) is 1. The summed E-state index contributed by atoms with van der Waals surface area (Å²) in [7, 11) is 0. The molecule has 0 spiro atoms. The van der Waals surface area contributed by atoms with Gasteiger partial charge in [-0.25, -0.2) is 9.59 Å². The van der Waals surface area contributed by atoms with Crippen molar-refractivity contribution < 1.29 is 43.7 Å². The van der Waals surface area contributed by atoms with Gasteiger partial charge >= 0.3 is 12.1 Å². The van der Waals surface area contributed by atoms with Crippen molar-refractivity contribution in [2.75, 3.05) is 0 Å². The lowest BCUT2D eigenvalue weighted by Gasteiger charge is -2.24. The third-order valence-corrected chi connectivity index (χ3v) is 2.95. The largest absolute Gasteiger partial charge is 0.508 e. The summed E-state index contributed by atoms with van der Waals surface area (Å²) in [5, 5.41) is 8.55. The van der Waals surface area contributed by atoms with E-state index in [2.05, 4.69) is 4.74 Å². The van der Waals surface area contributed by atoms with Gasteiger partial charge in [0.25, 0.3) is 5.76 Å². The third-order valence-electron chi connectivity index (χ3n) is 2.95. The smallest absolute Gasteiger partial charge is 0.450 e. The fraction of sp³-hybridized carbons (Fsp3) is 0.444. The number of rotatable bonds is 10. The van der Waals surface area contributed by atoms with E-state index >= 15 is 0 Å². The standard InChI is InChI=1S/C18H24O9/c1-12(2)25-22-11-15(16(19)23-13(3)24-17(20)21)26-27-18(4,5)14-9-7-6-8-10-14/h6-13H,1-5H3,(H,20,21). The Balaban J connectivity index is 2.82. The molecule has 0 aliphatic heterocycles. The molecule has 1 aromatic carbocycles. The van der Waals surface area contributed by atoms with Gasteiger partial charge in [-0.2, -0.15) is 9.78 Å². The Morgan fingerprint density at radius 2 is 1.70 bits per heavy atom. The van der Waals surface area contributed by atoms with Gasteiger partial charge in [-0.1, -0.05) is 30.3 Å². The SMILES string of the molecule is CC(C)OOC=C(OOC(C)(C)c1ccccc1)C(=O)OC(C)OC(=O)O. The van der Waals surface area contributed by atoms with Gasteiger partial charge in [0, 0.05) is 6.92 Å². The van der Waals surface area contributed by atoms with Crippen molar-refractivity contribution >= 4 is 12.1 Å². The van der Waals surface area contributed by atoms with Gasteiger partial charge in [0.2, 0.25) is 6.29 Å². The number of ether oxygens (including phenoxy) is 2. The molecule has 0 saturated heterocycles. The van der Waals surface area contributed by atoms with Crippen LogP contribution in [0.3, 0.4) is 0 Å². The molecule has 0 bridgehead atoms. The van der Waals surface area contributed by atoms with E-state index in [0.717, 1.165) is 11.8 Å². The highest BCUT2D eigenvalue weighted by Crippen LogP contribution is 2.26. The molecule has 150 valence electrons. The van der Waals surface area contributed by atoms with Gasteiger partial charge in [0.05, 0.1) is 6.10 Å². The van der Waals surface area contributed by atoms with Crippen molar-refractivity contribution in [2.45, 2.75) is 52.6 Å². The maximum absolute atomic E-state index is 12.2.